The number of amides is 1. The van der Waals surface area contributed by atoms with Crippen molar-refractivity contribution in [3.63, 3.8) is 0 Å². The molecule has 0 unspecified atom stereocenters. The largest absolute Gasteiger partial charge is 0.304 e. The van der Waals surface area contributed by atoms with Gasteiger partial charge in [0.15, 0.2) is 0 Å². The second-order valence-corrected chi connectivity index (χ2v) is 4.47. The summed E-state index contributed by atoms with van der Waals surface area (Å²) in [6.07, 6.45) is 0. The Balaban J connectivity index is 2.16. The molecule has 1 amide bonds. The fraction of sp³-hybridized carbons (Fsp3) is 0.0667. The third kappa shape index (κ3) is 1.73. The van der Waals surface area contributed by atoms with Gasteiger partial charge in [-0.05, 0) is 43.3 Å². The summed E-state index contributed by atoms with van der Waals surface area (Å²) in [6.45, 7) is 1.86. The van der Waals surface area contributed by atoms with E-state index in [1.165, 1.54) is 29.2 Å². The van der Waals surface area contributed by atoms with Crippen molar-refractivity contribution in [1.82, 2.24) is 0 Å². The summed E-state index contributed by atoms with van der Waals surface area (Å²) in [4.78, 5) is 25.3. The monoisotopic (exact) mass is 255 g/mol. The number of fused-ring (bicyclic) bond motifs is 1. The van der Waals surface area contributed by atoms with Gasteiger partial charge in [-0.15, -0.1) is 0 Å². The summed E-state index contributed by atoms with van der Waals surface area (Å²) in [5, 5.41) is 0. The molecule has 0 aliphatic carbocycles. The first-order chi connectivity index (χ1) is 9.08. The standard InChI is InChI=1S/C15H10FNO2/c1-9-2-7-13-12(8-9)14(18)15(19)17(13)11-5-3-10(16)4-6-11/h2-8H,1H3. The molecule has 0 saturated heterocycles. The molecular formula is C15H10FNO2. The molecule has 3 rings (SSSR count). The maximum atomic E-state index is 12.9. The van der Waals surface area contributed by atoms with Crippen molar-refractivity contribution in [2.24, 2.45) is 0 Å². The van der Waals surface area contributed by atoms with E-state index in [9.17, 15) is 14.0 Å². The van der Waals surface area contributed by atoms with Crippen LogP contribution in [0, 0.1) is 12.7 Å². The minimum atomic E-state index is -0.604. The Morgan fingerprint density at radius 2 is 1.68 bits per heavy atom. The van der Waals surface area contributed by atoms with Gasteiger partial charge in [-0.1, -0.05) is 11.6 Å². The van der Waals surface area contributed by atoms with E-state index in [-0.39, 0.29) is 5.82 Å². The smallest absolute Gasteiger partial charge is 0.283 e. The number of rotatable bonds is 1. The third-order valence-corrected chi connectivity index (χ3v) is 3.12. The summed E-state index contributed by atoms with van der Waals surface area (Å²) in [6, 6.07) is 10.8. The molecule has 19 heavy (non-hydrogen) atoms. The molecule has 0 bridgehead atoms. The lowest BCUT2D eigenvalue weighted by Gasteiger charge is -2.16. The molecule has 0 aromatic heterocycles. The Kier molecular flexibility index (Phi) is 2.45. The van der Waals surface area contributed by atoms with Gasteiger partial charge in [0, 0.05) is 5.69 Å². The lowest BCUT2D eigenvalue weighted by atomic mass is 10.1. The van der Waals surface area contributed by atoms with Crippen LogP contribution in [0.4, 0.5) is 15.8 Å². The Labute approximate surface area is 109 Å². The topological polar surface area (TPSA) is 37.4 Å². The second-order valence-electron chi connectivity index (χ2n) is 4.47. The summed E-state index contributed by atoms with van der Waals surface area (Å²) >= 11 is 0. The van der Waals surface area contributed by atoms with Gasteiger partial charge in [0.2, 0.25) is 0 Å². The quantitative estimate of drug-likeness (QED) is 0.734. The molecular weight excluding hydrogens is 245 g/mol. The van der Waals surface area contributed by atoms with E-state index in [4.69, 9.17) is 0 Å². The Hall–Kier alpha value is -2.49. The number of anilines is 2. The van der Waals surface area contributed by atoms with Crippen LogP contribution in [0.2, 0.25) is 0 Å². The van der Waals surface area contributed by atoms with Crippen LogP contribution in [0.5, 0.6) is 0 Å². The number of benzene rings is 2. The minimum absolute atomic E-state index is 0.383. The molecule has 4 heteroatoms. The molecule has 1 aliphatic rings. The third-order valence-electron chi connectivity index (χ3n) is 3.12. The van der Waals surface area contributed by atoms with Crippen molar-refractivity contribution in [2.75, 3.05) is 4.90 Å². The van der Waals surface area contributed by atoms with Crippen LogP contribution in [-0.2, 0) is 4.79 Å². The minimum Gasteiger partial charge on any atom is -0.283 e. The molecule has 2 aromatic rings. The lowest BCUT2D eigenvalue weighted by Crippen LogP contribution is -2.24. The van der Waals surface area contributed by atoms with E-state index in [1.54, 1.807) is 12.1 Å². The lowest BCUT2D eigenvalue weighted by molar-refractivity contribution is -0.113. The van der Waals surface area contributed by atoms with Crippen molar-refractivity contribution in [3.05, 3.63) is 59.4 Å². The number of aryl methyl sites for hydroxylation is 1. The van der Waals surface area contributed by atoms with Gasteiger partial charge in [-0.2, -0.15) is 0 Å². The first kappa shape index (κ1) is 11.6. The SMILES string of the molecule is Cc1ccc2c(c1)C(=O)C(=O)N2c1ccc(F)cc1. The average Bonchev–Trinajstić information content (AvgIpc) is 2.64. The van der Waals surface area contributed by atoms with Crippen molar-refractivity contribution < 1.29 is 14.0 Å². The Morgan fingerprint density at radius 1 is 1.00 bits per heavy atom. The second kappa shape index (κ2) is 4.02. The number of hydrogen-bond acceptors (Lipinski definition) is 2. The molecule has 0 atom stereocenters. The van der Waals surface area contributed by atoms with E-state index in [2.05, 4.69) is 0 Å². The highest BCUT2D eigenvalue weighted by Gasteiger charge is 2.36. The zero-order valence-corrected chi connectivity index (χ0v) is 10.2. The number of carbonyl (C=O) groups excluding carboxylic acids is 2. The zero-order valence-electron chi connectivity index (χ0n) is 10.2. The van der Waals surface area contributed by atoms with Gasteiger partial charge in [0.05, 0.1) is 11.3 Å². The maximum absolute atomic E-state index is 12.9. The van der Waals surface area contributed by atoms with Crippen molar-refractivity contribution >= 4 is 23.1 Å². The molecule has 0 spiro atoms. The first-order valence-electron chi connectivity index (χ1n) is 5.83. The summed E-state index contributed by atoms with van der Waals surface area (Å²) in [5.41, 5.74) is 2.35. The van der Waals surface area contributed by atoms with Crippen LogP contribution in [0.1, 0.15) is 15.9 Å². The average molecular weight is 255 g/mol. The zero-order chi connectivity index (χ0) is 13.6. The van der Waals surface area contributed by atoms with Crippen LogP contribution in [0.15, 0.2) is 42.5 Å². The van der Waals surface area contributed by atoms with Crippen LogP contribution in [-0.4, -0.2) is 11.7 Å². The van der Waals surface area contributed by atoms with Gasteiger partial charge in [0.1, 0.15) is 5.82 Å². The number of nitrogens with zero attached hydrogens (tertiary/aromatic N) is 1. The van der Waals surface area contributed by atoms with Gasteiger partial charge in [0.25, 0.3) is 5.78 Å². The fourth-order valence-electron chi connectivity index (χ4n) is 2.20. The van der Waals surface area contributed by atoms with Gasteiger partial charge < -0.3 is 0 Å². The molecule has 94 valence electrons. The van der Waals surface area contributed by atoms with Gasteiger partial charge >= 0.3 is 5.91 Å². The predicted molar refractivity (Wildman–Crippen MR) is 69.1 cm³/mol. The number of carbonyl (C=O) groups is 2. The summed E-state index contributed by atoms with van der Waals surface area (Å²) in [5.74, 6) is -1.51. The fourth-order valence-corrected chi connectivity index (χ4v) is 2.20. The molecule has 1 aliphatic heterocycles. The number of halogens is 1. The van der Waals surface area contributed by atoms with Crippen LogP contribution < -0.4 is 4.90 Å². The van der Waals surface area contributed by atoms with E-state index in [0.29, 0.717) is 16.9 Å². The van der Waals surface area contributed by atoms with Gasteiger partial charge in [-0.25, -0.2) is 4.39 Å². The van der Waals surface area contributed by atoms with Gasteiger partial charge in [-0.3, -0.25) is 14.5 Å². The highest BCUT2D eigenvalue weighted by molar-refractivity contribution is 6.53. The van der Waals surface area contributed by atoms with Crippen molar-refractivity contribution in [3.8, 4) is 0 Å². The van der Waals surface area contributed by atoms with E-state index < -0.39 is 11.7 Å². The molecule has 0 radical (unpaired) electrons. The maximum Gasteiger partial charge on any atom is 0.304 e. The van der Waals surface area contributed by atoms with E-state index in [0.717, 1.165) is 5.56 Å². The normalized spacial score (nSPS) is 13.9. The van der Waals surface area contributed by atoms with Crippen LogP contribution in [0.25, 0.3) is 0 Å². The number of ketones is 1. The molecule has 3 nitrogen and oxygen atoms in total. The Morgan fingerprint density at radius 3 is 2.37 bits per heavy atom. The van der Waals surface area contributed by atoms with Crippen LogP contribution >= 0.6 is 0 Å². The molecule has 2 aromatic carbocycles. The van der Waals surface area contributed by atoms with E-state index >= 15 is 0 Å². The highest BCUT2D eigenvalue weighted by Crippen LogP contribution is 2.35. The van der Waals surface area contributed by atoms with E-state index in [1.807, 2.05) is 13.0 Å². The summed E-state index contributed by atoms with van der Waals surface area (Å²) in [7, 11) is 0. The summed E-state index contributed by atoms with van der Waals surface area (Å²) < 4.78 is 12.9. The first-order valence-corrected chi connectivity index (χ1v) is 5.83. The van der Waals surface area contributed by atoms with Crippen LogP contribution in [0.3, 0.4) is 0 Å². The molecule has 0 saturated carbocycles. The predicted octanol–water partition coefficient (Wildman–Crippen LogP) is 3.00. The van der Waals surface area contributed by atoms with Crippen molar-refractivity contribution in [1.29, 1.82) is 0 Å². The number of Topliss-reactive ketones (excluding diaryl/α,β-unsaturated/α-hetero) is 1. The number of hydrogen-bond donors (Lipinski definition) is 0. The molecule has 0 N–H and O–H groups in total. The molecule has 0 fully saturated rings. The highest BCUT2D eigenvalue weighted by atomic mass is 19.1. The Bertz CT molecular complexity index is 692. The van der Waals surface area contributed by atoms with Crippen molar-refractivity contribution in [2.45, 2.75) is 6.92 Å². The molecule has 1 heterocycles.